The van der Waals surface area contributed by atoms with Crippen molar-refractivity contribution in [3.63, 3.8) is 0 Å². The Morgan fingerprint density at radius 2 is 1.57 bits per heavy atom. The third kappa shape index (κ3) is 5.77. The van der Waals surface area contributed by atoms with Gasteiger partial charge in [-0.25, -0.2) is 0 Å². The van der Waals surface area contributed by atoms with Crippen molar-refractivity contribution in [3.8, 4) is 11.5 Å². The zero-order chi connectivity index (χ0) is 25.8. The molecule has 1 aliphatic rings. The lowest BCUT2D eigenvalue weighted by Gasteiger charge is -2.14. The molecule has 0 spiro atoms. The van der Waals surface area contributed by atoms with Crippen molar-refractivity contribution in [1.29, 1.82) is 0 Å². The number of benzene rings is 4. The van der Waals surface area contributed by atoms with Crippen LogP contribution in [0.5, 0.6) is 11.5 Å². The second-order valence-corrected chi connectivity index (χ2v) is 10.1. The van der Waals surface area contributed by atoms with Gasteiger partial charge in [0.2, 0.25) is 0 Å². The molecule has 2 amide bonds. The SMILES string of the molecule is O=C1S/C(=C\c2c(OCc3ccc(Cl)cc3)ccc3ccccc23)C(=O)N1CCOc1ccccc1Cl. The number of hydrogen-bond donors (Lipinski definition) is 0. The molecule has 8 heteroatoms. The van der Waals surface area contributed by atoms with Crippen LogP contribution in [-0.4, -0.2) is 29.2 Å². The Labute approximate surface area is 228 Å². The van der Waals surface area contributed by atoms with Crippen LogP contribution in [-0.2, 0) is 11.4 Å². The fourth-order valence-electron chi connectivity index (χ4n) is 3.92. The molecule has 5 nitrogen and oxygen atoms in total. The average Bonchev–Trinajstić information content (AvgIpc) is 3.17. The standard InChI is InChI=1S/C29H21Cl2NO4S/c30-21-12-9-19(10-13-21)18-36-25-14-11-20-5-1-2-6-22(20)23(25)17-27-28(33)32(29(34)37-27)15-16-35-26-8-4-3-7-24(26)31/h1-14,17H,15-16,18H2/b27-17-. The first-order chi connectivity index (χ1) is 18.0. The van der Waals surface area contributed by atoms with Gasteiger partial charge < -0.3 is 9.47 Å². The van der Waals surface area contributed by atoms with Crippen molar-refractivity contribution < 1.29 is 19.1 Å². The Balaban J connectivity index is 1.38. The van der Waals surface area contributed by atoms with Crippen LogP contribution in [0.3, 0.4) is 0 Å². The van der Waals surface area contributed by atoms with E-state index in [1.165, 1.54) is 4.90 Å². The summed E-state index contributed by atoms with van der Waals surface area (Å²) in [6.45, 7) is 0.582. The van der Waals surface area contributed by atoms with Crippen LogP contribution in [0.2, 0.25) is 10.0 Å². The first kappa shape index (κ1) is 25.2. The molecule has 1 heterocycles. The number of halogens is 2. The van der Waals surface area contributed by atoms with E-state index in [1.54, 1.807) is 30.3 Å². The Hall–Kier alpha value is -3.45. The number of carbonyl (C=O) groups is 2. The molecule has 4 aromatic carbocycles. The van der Waals surface area contributed by atoms with Gasteiger partial charge in [-0.1, -0.05) is 77.8 Å². The van der Waals surface area contributed by atoms with Crippen LogP contribution < -0.4 is 9.47 Å². The number of fused-ring (bicyclic) bond motifs is 1. The number of amides is 2. The minimum Gasteiger partial charge on any atom is -0.490 e. The summed E-state index contributed by atoms with van der Waals surface area (Å²) in [4.78, 5) is 27.4. The summed E-state index contributed by atoms with van der Waals surface area (Å²) in [6, 6.07) is 26.2. The molecule has 186 valence electrons. The minimum atomic E-state index is -0.366. The molecule has 0 bridgehead atoms. The molecule has 37 heavy (non-hydrogen) atoms. The number of hydrogen-bond acceptors (Lipinski definition) is 5. The van der Waals surface area contributed by atoms with Gasteiger partial charge in [0.25, 0.3) is 11.1 Å². The molecule has 4 aromatic rings. The van der Waals surface area contributed by atoms with Gasteiger partial charge in [0.05, 0.1) is 16.5 Å². The van der Waals surface area contributed by atoms with E-state index in [0.717, 1.165) is 33.7 Å². The van der Waals surface area contributed by atoms with Crippen LogP contribution >= 0.6 is 35.0 Å². The second-order valence-electron chi connectivity index (χ2n) is 8.23. The second kappa shape index (κ2) is 11.3. The van der Waals surface area contributed by atoms with Gasteiger partial charge in [-0.15, -0.1) is 0 Å². The van der Waals surface area contributed by atoms with Crippen LogP contribution in [0.25, 0.3) is 16.8 Å². The number of rotatable bonds is 8. The van der Waals surface area contributed by atoms with Crippen molar-refractivity contribution in [2.45, 2.75) is 6.61 Å². The van der Waals surface area contributed by atoms with Crippen molar-refractivity contribution in [2.75, 3.05) is 13.2 Å². The van der Waals surface area contributed by atoms with E-state index in [1.807, 2.05) is 60.7 Å². The van der Waals surface area contributed by atoms with Crippen LogP contribution in [0.1, 0.15) is 11.1 Å². The molecule has 0 radical (unpaired) electrons. The van der Waals surface area contributed by atoms with Gasteiger partial charge >= 0.3 is 0 Å². The largest absolute Gasteiger partial charge is 0.490 e. The summed E-state index contributed by atoms with van der Waals surface area (Å²) in [5.41, 5.74) is 1.70. The molecule has 1 aliphatic heterocycles. The highest BCUT2D eigenvalue weighted by atomic mass is 35.5. The maximum atomic E-state index is 13.2. The quantitative estimate of drug-likeness (QED) is 0.209. The third-order valence-electron chi connectivity index (χ3n) is 5.80. The Kier molecular flexibility index (Phi) is 7.70. The van der Waals surface area contributed by atoms with Gasteiger partial charge in [-0.05, 0) is 64.5 Å². The van der Waals surface area contributed by atoms with Crippen molar-refractivity contribution in [3.05, 3.63) is 111 Å². The molecule has 5 rings (SSSR count). The van der Waals surface area contributed by atoms with Crippen LogP contribution in [0.4, 0.5) is 4.79 Å². The van der Waals surface area contributed by atoms with Gasteiger partial charge in [0, 0.05) is 10.6 Å². The van der Waals surface area contributed by atoms with E-state index < -0.39 is 0 Å². The number of thioether (sulfide) groups is 1. The zero-order valence-corrected chi connectivity index (χ0v) is 21.9. The summed E-state index contributed by atoms with van der Waals surface area (Å²) in [7, 11) is 0. The van der Waals surface area contributed by atoms with Gasteiger partial charge in [-0.3, -0.25) is 14.5 Å². The molecule has 1 saturated heterocycles. The molecular weight excluding hydrogens is 529 g/mol. The number of imide groups is 1. The van der Waals surface area contributed by atoms with Gasteiger partial charge in [0.15, 0.2) is 0 Å². The first-order valence-electron chi connectivity index (χ1n) is 11.5. The summed E-state index contributed by atoms with van der Waals surface area (Å²) in [5.74, 6) is 0.752. The molecule has 0 unspecified atom stereocenters. The molecule has 0 saturated carbocycles. The molecule has 0 atom stereocenters. The Bertz CT molecular complexity index is 1500. The normalized spacial score (nSPS) is 14.5. The topological polar surface area (TPSA) is 55.8 Å². The number of para-hydroxylation sites is 1. The van der Waals surface area contributed by atoms with E-state index in [2.05, 4.69) is 0 Å². The lowest BCUT2D eigenvalue weighted by atomic mass is 10.0. The van der Waals surface area contributed by atoms with Crippen molar-refractivity contribution in [2.24, 2.45) is 0 Å². The lowest BCUT2D eigenvalue weighted by molar-refractivity contribution is -0.123. The highest BCUT2D eigenvalue weighted by molar-refractivity contribution is 8.18. The number of carbonyl (C=O) groups excluding carboxylic acids is 2. The van der Waals surface area contributed by atoms with Crippen molar-refractivity contribution >= 4 is 63.0 Å². The lowest BCUT2D eigenvalue weighted by Crippen LogP contribution is -2.32. The third-order valence-corrected chi connectivity index (χ3v) is 7.27. The van der Waals surface area contributed by atoms with Gasteiger partial charge in [-0.2, -0.15) is 0 Å². The van der Waals surface area contributed by atoms with E-state index in [9.17, 15) is 9.59 Å². The van der Waals surface area contributed by atoms with Gasteiger partial charge in [0.1, 0.15) is 24.7 Å². The summed E-state index contributed by atoms with van der Waals surface area (Å²) in [6.07, 6.45) is 1.74. The molecular formula is C29H21Cl2NO4S. The predicted molar refractivity (Wildman–Crippen MR) is 149 cm³/mol. The fraction of sp³-hybridized carbons (Fsp3) is 0.103. The zero-order valence-electron chi connectivity index (χ0n) is 19.5. The van der Waals surface area contributed by atoms with Crippen molar-refractivity contribution in [1.82, 2.24) is 4.90 Å². The monoisotopic (exact) mass is 549 g/mol. The summed E-state index contributed by atoms with van der Waals surface area (Å²) in [5, 5.41) is 2.70. The highest BCUT2D eigenvalue weighted by Crippen LogP contribution is 2.37. The van der Waals surface area contributed by atoms with E-state index in [0.29, 0.717) is 33.1 Å². The molecule has 0 N–H and O–H groups in total. The Morgan fingerprint density at radius 3 is 2.38 bits per heavy atom. The highest BCUT2D eigenvalue weighted by Gasteiger charge is 2.35. The maximum Gasteiger partial charge on any atom is 0.293 e. The number of nitrogens with zero attached hydrogens (tertiary/aromatic N) is 1. The van der Waals surface area contributed by atoms with E-state index >= 15 is 0 Å². The maximum absolute atomic E-state index is 13.2. The minimum absolute atomic E-state index is 0.114. The predicted octanol–water partition coefficient (Wildman–Crippen LogP) is 7.84. The van der Waals surface area contributed by atoms with E-state index in [4.69, 9.17) is 32.7 Å². The average molecular weight is 550 g/mol. The first-order valence-corrected chi connectivity index (χ1v) is 13.1. The number of ether oxygens (including phenoxy) is 2. The van der Waals surface area contributed by atoms with Crippen LogP contribution in [0.15, 0.2) is 89.8 Å². The fourth-order valence-corrected chi connectivity index (χ4v) is 5.09. The summed E-state index contributed by atoms with van der Waals surface area (Å²) < 4.78 is 11.8. The molecule has 0 aliphatic carbocycles. The van der Waals surface area contributed by atoms with Crippen LogP contribution in [0, 0.1) is 0 Å². The smallest absolute Gasteiger partial charge is 0.293 e. The molecule has 0 aromatic heterocycles. The van der Waals surface area contributed by atoms with E-state index in [-0.39, 0.29) is 24.3 Å². The molecule has 1 fully saturated rings. The summed E-state index contributed by atoms with van der Waals surface area (Å²) >= 11 is 13.0. The Morgan fingerprint density at radius 1 is 0.811 bits per heavy atom.